The zero-order valence-electron chi connectivity index (χ0n) is 28.2. The van der Waals surface area contributed by atoms with Gasteiger partial charge in [-0.1, -0.05) is 44.4 Å². The van der Waals surface area contributed by atoms with Crippen LogP contribution in [0.4, 0.5) is 10.5 Å². The van der Waals surface area contributed by atoms with Gasteiger partial charge in [0.1, 0.15) is 5.75 Å². The summed E-state index contributed by atoms with van der Waals surface area (Å²) in [6, 6.07) is 12.6. The van der Waals surface area contributed by atoms with Gasteiger partial charge in [-0.15, -0.1) is 0 Å². The Morgan fingerprint density at radius 3 is 2.45 bits per heavy atom. The van der Waals surface area contributed by atoms with Gasteiger partial charge in [-0.05, 0) is 76.3 Å². The number of likely N-dealkylation sites (N-methyl/N-ethyl adjacent to an activating group) is 1. The Kier molecular flexibility index (Phi) is 13.5. The highest BCUT2D eigenvalue weighted by Crippen LogP contribution is 2.29. The summed E-state index contributed by atoms with van der Waals surface area (Å²) in [5, 5.41) is 16.2. The number of anilines is 1. The fourth-order valence-electron chi connectivity index (χ4n) is 6.19. The van der Waals surface area contributed by atoms with Crippen LogP contribution in [-0.4, -0.2) is 92.3 Å². The maximum Gasteiger partial charge on any atom is 0.319 e. The molecule has 3 N–H and O–H groups in total. The molecule has 1 fully saturated rings. The Morgan fingerprint density at radius 1 is 1.04 bits per heavy atom. The SMILES string of the molecule is C[C@@H]1CN([C@H](C)CO)C(=O)c2cc(NC(=O)NC3CCCCC3)ccc2O[C@@H](C)CCCCO[C@H]1CN(C)S(=O)(=O)c1ccccc1. The van der Waals surface area contributed by atoms with E-state index in [1.165, 1.54) is 17.8 Å². The second kappa shape index (κ2) is 17.3. The van der Waals surface area contributed by atoms with Crippen molar-refractivity contribution in [2.24, 2.45) is 5.92 Å². The predicted molar refractivity (Wildman–Crippen MR) is 182 cm³/mol. The zero-order valence-corrected chi connectivity index (χ0v) is 29.0. The highest BCUT2D eigenvalue weighted by atomic mass is 32.2. The van der Waals surface area contributed by atoms with E-state index in [0.29, 0.717) is 18.0 Å². The first kappa shape index (κ1) is 36.6. The average molecular weight is 673 g/mol. The van der Waals surface area contributed by atoms with Crippen molar-refractivity contribution in [1.82, 2.24) is 14.5 Å². The average Bonchev–Trinajstić information content (AvgIpc) is 3.06. The van der Waals surface area contributed by atoms with Gasteiger partial charge in [0, 0.05) is 44.4 Å². The monoisotopic (exact) mass is 672 g/mol. The van der Waals surface area contributed by atoms with Crippen molar-refractivity contribution >= 4 is 27.6 Å². The van der Waals surface area contributed by atoms with Gasteiger partial charge in [-0.25, -0.2) is 13.2 Å². The molecule has 0 saturated heterocycles. The number of fused-ring (bicyclic) bond motifs is 1. The molecule has 0 radical (unpaired) electrons. The maximum atomic E-state index is 14.3. The zero-order chi connectivity index (χ0) is 34.0. The van der Waals surface area contributed by atoms with E-state index in [2.05, 4.69) is 10.6 Å². The first-order chi connectivity index (χ1) is 22.5. The molecule has 4 atom stereocenters. The first-order valence-corrected chi connectivity index (χ1v) is 18.4. The van der Waals surface area contributed by atoms with E-state index in [1.807, 2.05) is 13.8 Å². The maximum absolute atomic E-state index is 14.3. The second-order valence-corrected chi connectivity index (χ2v) is 15.1. The molecule has 2 aromatic carbocycles. The fourth-order valence-corrected chi connectivity index (χ4v) is 7.39. The number of benzene rings is 2. The summed E-state index contributed by atoms with van der Waals surface area (Å²) < 4.78 is 40.6. The summed E-state index contributed by atoms with van der Waals surface area (Å²) in [4.78, 5) is 29.0. The molecule has 11 nitrogen and oxygen atoms in total. The minimum atomic E-state index is -3.76. The van der Waals surface area contributed by atoms with Crippen molar-refractivity contribution in [3.63, 3.8) is 0 Å². The number of hydrogen-bond donors (Lipinski definition) is 3. The van der Waals surface area contributed by atoms with E-state index in [0.717, 1.165) is 44.9 Å². The molecule has 0 spiro atoms. The molecule has 3 amide bonds. The van der Waals surface area contributed by atoms with Gasteiger partial charge in [-0.3, -0.25) is 4.79 Å². The van der Waals surface area contributed by atoms with Crippen LogP contribution in [0.25, 0.3) is 0 Å². The summed E-state index contributed by atoms with van der Waals surface area (Å²) in [6.45, 7) is 6.08. The largest absolute Gasteiger partial charge is 0.490 e. The third-order valence-corrected chi connectivity index (χ3v) is 11.0. The van der Waals surface area contributed by atoms with Crippen LogP contribution < -0.4 is 15.4 Å². The van der Waals surface area contributed by atoms with Crippen LogP contribution in [0.3, 0.4) is 0 Å². The van der Waals surface area contributed by atoms with E-state index in [4.69, 9.17) is 9.47 Å². The lowest BCUT2D eigenvalue weighted by Crippen LogP contribution is -2.48. The van der Waals surface area contributed by atoms with Crippen LogP contribution in [0.1, 0.15) is 82.5 Å². The molecule has 1 heterocycles. The molecule has 1 saturated carbocycles. The van der Waals surface area contributed by atoms with E-state index >= 15 is 0 Å². The lowest BCUT2D eigenvalue weighted by molar-refractivity contribution is -0.00833. The van der Waals surface area contributed by atoms with Crippen molar-refractivity contribution in [3.05, 3.63) is 54.1 Å². The lowest BCUT2D eigenvalue weighted by atomic mass is 9.96. The molecule has 260 valence electrons. The van der Waals surface area contributed by atoms with E-state index in [9.17, 15) is 23.1 Å². The number of urea groups is 1. The number of hydrogen-bond acceptors (Lipinski definition) is 7. The highest BCUT2D eigenvalue weighted by molar-refractivity contribution is 7.89. The quantitative estimate of drug-likeness (QED) is 0.348. The van der Waals surface area contributed by atoms with E-state index in [1.54, 1.807) is 60.4 Å². The number of amides is 3. The molecule has 1 aliphatic carbocycles. The molecular formula is C35H52N4O7S. The van der Waals surface area contributed by atoms with Gasteiger partial charge in [0.05, 0.1) is 35.3 Å². The van der Waals surface area contributed by atoms with Crippen LogP contribution in [-0.2, 0) is 14.8 Å². The van der Waals surface area contributed by atoms with Gasteiger partial charge in [-0.2, -0.15) is 4.31 Å². The topological polar surface area (TPSA) is 138 Å². The van der Waals surface area contributed by atoms with Crippen molar-refractivity contribution in [2.45, 2.75) is 101 Å². The Morgan fingerprint density at radius 2 is 1.74 bits per heavy atom. The molecule has 47 heavy (non-hydrogen) atoms. The summed E-state index contributed by atoms with van der Waals surface area (Å²) in [5.74, 6) is -0.254. The molecular weight excluding hydrogens is 620 g/mol. The molecule has 0 aromatic heterocycles. The molecule has 4 rings (SSSR count). The molecule has 2 aromatic rings. The van der Waals surface area contributed by atoms with Crippen molar-refractivity contribution < 1.29 is 32.6 Å². The molecule has 12 heteroatoms. The summed E-state index contributed by atoms with van der Waals surface area (Å²) in [5.41, 5.74) is 0.736. The number of rotatable bonds is 8. The van der Waals surface area contributed by atoms with Crippen LogP contribution >= 0.6 is 0 Å². The van der Waals surface area contributed by atoms with Gasteiger partial charge < -0.3 is 30.1 Å². The Hall–Kier alpha value is -3.19. The van der Waals surface area contributed by atoms with E-state index < -0.39 is 22.2 Å². The smallest absolute Gasteiger partial charge is 0.319 e. The Bertz CT molecular complexity index is 1420. The highest BCUT2D eigenvalue weighted by Gasteiger charge is 2.32. The second-order valence-electron chi connectivity index (χ2n) is 13.0. The molecule has 1 aliphatic heterocycles. The number of ether oxygens (including phenoxy) is 2. The number of sulfonamides is 1. The summed E-state index contributed by atoms with van der Waals surface area (Å²) >= 11 is 0. The fraction of sp³-hybridized carbons (Fsp3) is 0.600. The van der Waals surface area contributed by atoms with Crippen molar-refractivity contribution in [3.8, 4) is 5.75 Å². The van der Waals surface area contributed by atoms with E-state index in [-0.39, 0.29) is 60.2 Å². The third kappa shape index (κ3) is 10.2. The van der Waals surface area contributed by atoms with Crippen LogP contribution in [0.2, 0.25) is 0 Å². The van der Waals surface area contributed by atoms with Crippen LogP contribution in [0.15, 0.2) is 53.4 Å². The molecule has 0 unspecified atom stereocenters. The molecule has 0 bridgehead atoms. The predicted octanol–water partition coefficient (Wildman–Crippen LogP) is 5.26. The standard InChI is InChI=1S/C35H52N4O7S/c1-25-22-39(26(2)24-40)34(41)31-21-29(37-35(42)36-28-14-7-5-8-15-28)18-19-32(31)46-27(3)13-11-12-20-45-33(25)23-38(4)47(43,44)30-16-9-6-10-17-30/h6,9-10,16-19,21,25-28,33,40H,5,7-8,11-15,20,22-24H2,1-4H3,(H2,36,37,42)/t25-,26-,27+,33+/m1/s1. The van der Waals surface area contributed by atoms with Gasteiger partial charge in [0.2, 0.25) is 10.0 Å². The molecule has 2 aliphatic rings. The normalized spacial score (nSPS) is 22.9. The number of nitrogens with one attached hydrogen (secondary N) is 2. The number of aliphatic hydroxyl groups excluding tert-OH is 1. The summed E-state index contributed by atoms with van der Waals surface area (Å²) in [6.07, 6.45) is 6.85. The number of carbonyl (C=O) groups excluding carboxylic acids is 2. The van der Waals surface area contributed by atoms with Crippen molar-refractivity contribution in [1.29, 1.82) is 0 Å². The minimum absolute atomic E-state index is 0.0915. The van der Waals surface area contributed by atoms with Crippen molar-refractivity contribution in [2.75, 3.05) is 38.7 Å². The Balaban J connectivity index is 1.60. The Labute approximate surface area is 280 Å². The van der Waals surface area contributed by atoms with Gasteiger partial charge in [0.15, 0.2) is 0 Å². The number of carbonyl (C=O) groups is 2. The van der Waals surface area contributed by atoms with Gasteiger partial charge >= 0.3 is 6.03 Å². The first-order valence-electron chi connectivity index (χ1n) is 16.9. The number of nitrogens with zero attached hydrogens (tertiary/aromatic N) is 2. The van der Waals surface area contributed by atoms with Crippen LogP contribution in [0, 0.1) is 5.92 Å². The number of aliphatic hydroxyl groups is 1. The van der Waals surface area contributed by atoms with Crippen LogP contribution in [0.5, 0.6) is 5.75 Å². The van der Waals surface area contributed by atoms with Gasteiger partial charge in [0.25, 0.3) is 5.91 Å². The summed E-state index contributed by atoms with van der Waals surface area (Å²) in [7, 11) is -2.22. The minimum Gasteiger partial charge on any atom is -0.490 e. The lowest BCUT2D eigenvalue weighted by Gasteiger charge is -2.35. The third-order valence-electron chi connectivity index (χ3n) is 9.14.